The third-order valence-electron chi connectivity index (χ3n) is 2.76. The van der Waals surface area contributed by atoms with Crippen LogP contribution in [0, 0.1) is 0 Å². The summed E-state index contributed by atoms with van der Waals surface area (Å²) in [6.45, 7) is 0. The molecule has 8 heteroatoms. The highest BCUT2D eigenvalue weighted by molar-refractivity contribution is 7.91. The summed E-state index contributed by atoms with van der Waals surface area (Å²) in [4.78, 5) is 11.9. The van der Waals surface area contributed by atoms with Gasteiger partial charge in [0, 0.05) is 0 Å². The van der Waals surface area contributed by atoms with Gasteiger partial charge in [0.25, 0.3) is 0 Å². The number of sulfone groups is 1. The third kappa shape index (κ3) is 3.32. The Hall–Kier alpha value is -0.980. The molecule has 104 valence electrons. The molecule has 0 spiro atoms. The van der Waals surface area contributed by atoms with Gasteiger partial charge in [-0.3, -0.25) is 0 Å². The van der Waals surface area contributed by atoms with Crippen molar-refractivity contribution in [3.63, 3.8) is 0 Å². The van der Waals surface area contributed by atoms with Gasteiger partial charge in [-0.1, -0.05) is 23.2 Å². The molecule has 1 heterocycles. The molecule has 0 bridgehead atoms. The van der Waals surface area contributed by atoms with Crippen molar-refractivity contribution in [3.05, 3.63) is 27.7 Å². The van der Waals surface area contributed by atoms with Crippen molar-refractivity contribution in [3.8, 4) is 0 Å². The average Bonchev–Trinajstić information content (AvgIpc) is 2.64. The molecule has 2 rings (SSSR count). The van der Waals surface area contributed by atoms with E-state index in [-0.39, 0.29) is 32.8 Å². The predicted octanol–water partition coefficient (Wildman–Crippen LogP) is 1.92. The van der Waals surface area contributed by atoms with Gasteiger partial charge in [0.1, 0.15) is 6.10 Å². The van der Waals surface area contributed by atoms with Crippen molar-refractivity contribution in [1.82, 2.24) is 0 Å². The third-order valence-corrected chi connectivity index (χ3v) is 5.31. The van der Waals surface area contributed by atoms with E-state index in [4.69, 9.17) is 33.7 Å². The Morgan fingerprint density at radius 1 is 1.37 bits per heavy atom. The normalized spacial score (nSPS) is 21.3. The molecule has 1 aromatic carbocycles. The molecule has 2 N–H and O–H groups in total. The fourth-order valence-electron chi connectivity index (χ4n) is 1.80. The van der Waals surface area contributed by atoms with Crippen LogP contribution in [0.1, 0.15) is 16.8 Å². The van der Waals surface area contributed by atoms with Gasteiger partial charge in [0.2, 0.25) is 0 Å². The molecule has 1 atom stereocenters. The van der Waals surface area contributed by atoms with E-state index in [0.717, 1.165) is 0 Å². The Balaban J connectivity index is 2.13. The first-order chi connectivity index (χ1) is 8.78. The number of esters is 1. The average molecular weight is 324 g/mol. The van der Waals surface area contributed by atoms with Crippen LogP contribution in [0.5, 0.6) is 0 Å². The highest BCUT2D eigenvalue weighted by atomic mass is 35.5. The molecule has 1 aliphatic rings. The van der Waals surface area contributed by atoms with E-state index in [9.17, 15) is 13.2 Å². The second-order valence-corrected chi connectivity index (χ2v) is 7.31. The summed E-state index contributed by atoms with van der Waals surface area (Å²) in [5.41, 5.74) is 5.91. The number of anilines is 1. The SMILES string of the molecule is Nc1cc(C(=O)OC2CCS(=O)(=O)C2)cc(Cl)c1Cl. The Kier molecular flexibility index (Phi) is 3.94. The molecule has 1 unspecified atom stereocenters. The van der Waals surface area contributed by atoms with Crippen molar-refractivity contribution in [2.75, 3.05) is 17.2 Å². The van der Waals surface area contributed by atoms with Gasteiger partial charge < -0.3 is 10.5 Å². The molecule has 0 amide bonds. The van der Waals surface area contributed by atoms with Crippen molar-refractivity contribution in [1.29, 1.82) is 0 Å². The molecular formula is C11H11Cl2NO4S. The summed E-state index contributed by atoms with van der Waals surface area (Å²) < 4.78 is 27.6. The number of hydrogen-bond donors (Lipinski definition) is 1. The van der Waals surface area contributed by atoms with E-state index < -0.39 is 21.9 Å². The van der Waals surface area contributed by atoms with Crippen LogP contribution in [0.25, 0.3) is 0 Å². The van der Waals surface area contributed by atoms with E-state index in [0.29, 0.717) is 6.42 Å². The van der Waals surface area contributed by atoms with Gasteiger partial charge in [-0.25, -0.2) is 13.2 Å². The van der Waals surface area contributed by atoms with Crippen LogP contribution in [0.3, 0.4) is 0 Å². The van der Waals surface area contributed by atoms with Crippen molar-refractivity contribution in [2.24, 2.45) is 0 Å². The molecule has 0 saturated carbocycles. The maximum Gasteiger partial charge on any atom is 0.338 e. The maximum atomic E-state index is 11.9. The smallest absolute Gasteiger partial charge is 0.338 e. The van der Waals surface area contributed by atoms with Gasteiger partial charge in [-0.05, 0) is 18.6 Å². The van der Waals surface area contributed by atoms with Crippen LogP contribution in [0.4, 0.5) is 5.69 Å². The van der Waals surface area contributed by atoms with E-state index in [1.54, 1.807) is 0 Å². The van der Waals surface area contributed by atoms with Crippen LogP contribution in [-0.2, 0) is 14.6 Å². The lowest BCUT2D eigenvalue weighted by Crippen LogP contribution is -2.19. The number of rotatable bonds is 2. The number of ether oxygens (including phenoxy) is 1. The topological polar surface area (TPSA) is 86.5 Å². The molecule has 1 fully saturated rings. The fourth-order valence-corrected chi connectivity index (χ4v) is 3.73. The summed E-state index contributed by atoms with van der Waals surface area (Å²) >= 11 is 11.6. The zero-order valence-corrected chi connectivity index (χ0v) is 12.1. The Labute approximate surface area is 120 Å². The molecule has 0 radical (unpaired) electrons. The lowest BCUT2D eigenvalue weighted by molar-refractivity contribution is 0.0356. The van der Waals surface area contributed by atoms with Gasteiger partial charge in [0.15, 0.2) is 9.84 Å². The maximum absolute atomic E-state index is 11.9. The first kappa shape index (κ1) is 14.4. The summed E-state index contributed by atoms with van der Waals surface area (Å²) in [5, 5.41) is 0.314. The summed E-state index contributed by atoms with van der Waals surface area (Å²) in [6.07, 6.45) is -0.307. The van der Waals surface area contributed by atoms with Crippen LogP contribution in [0.15, 0.2) is 12.1 Å². The van der Waals surface area contributed by atoms with E-state index in [1.165, 1.54) is 12.1 Å². The largest absolute Gasteiger partial charge is 0.458 e. The van der Waals surface area contributed by atoms with Gasteiger partial charge >= 0.3 is 5.97 Å². The van der Waals surface area contributed by atoms with Gasteiger partial charge in [0.05, 0.1) is 32.8 Å². The molecule has 1 saturated heterocycles. The summed E-state index contributed by atoms with van der Waals surface area (Å²) in [5.74, 6) is -0.767. The lowest BCUT2D eigenvalue weighted by atomic mass is 10.2. The number of halogens is 2. The molecular weight excluding hydrogens is 313 g/mol. The monoisotopic (exact) mass is 323 g/mol. The molecule has 5 nitrogen and oxygen atoms in total. The Morgan fingerprint density at radius 3 is 2.58 bits per heavy atom. The fraction of sp³-hybridized carbons (Fsp3) is 0.364. The van der Waals surface area contributed by atoms with Crippen LogP contribution < -0.4 is 5.73 Å². The molecule has 1 aliphatic heterocycles. The van der Waals surface area contributed by atoms with Gasteiger partial charge in [-0.15, -0.1) is 0 Å². The highest BCUT2D eigenvalue weighted by Crippen LogP contribution is 2.30. The van der Waals surface area contributed by atoms with E-state index in [2.05, 4.69) is 0 Å². The summed E-state index contributed by atoms with van der Waals surface area (Å²) in [6, 6.07) is 2.69. The van der Waals surface area contributed by atoms with E-state index in [1.807, 2.05) is 0 Å². The predicted molar refractivity (Wildman–Crippen MR) is 73.3 cm³/mol. The Bertz CT molecular complexity index is 607. The van der Waals surface area contributed by atoms with Crippen molar-refractivity contribution < 1.29 is 17.9 Å². The highest BCUT2D eigenvalue weighted by Gasteiger charge is 2.31. The molecule has 0 aromatic heterocycles. The number of nitrogen functional groups attached to an aromatic ring is 1. The zero-order chi connectivity index (χ0) is 14.2. The van der Waals surface area contributed by atoms with Crippen LogP contribution in [0.2, 0.25) is 10.0 Å². The number of hydrogen-bond acceptors (Lipinski definition) is 5. The second-order valence-electron chi connectivity index (χ2n) is 4.29. The number of nitrogens with two attached hydrogens (primary N) is 1. The molecule has 1 aromatic rings. The quantitative estimate of drug-likeness (QED) is 0.663. The molecule has 0 aliphatic carbocycles. The lowest BCUT2D eigenvalue weighted by Gasteiger charge is -2.11. The second kappa shape index (κ2) is 5.19. The summed E-state index contributed by atoms with van der Waals surface area (Å²) in [7, 11) is -3.10. The minimum absolute atomic E-state index is 0.0362. The minimum atomic E-state index is -3.10. The Morgan fingerprint density at radius 2 is 2.05 bits per heavy atom. The molecule has 19 heavy (non-hydrogen) atoms. The number of benzene rings is 1. The standard InChI is InChI=1S/C11H11Cl2NO4S/c12-8-3-6(4-9(14)10(8)13)11(15)18-7-1-2-19(16,17)5-7/h3-4,7H,1-2,5,14H2. The first-order valence-corrected chi connectivity index (χ1v) is 8.02. The van der Waals surface area contributed by atoms with Gasteiger partial charge in [-0.2, -0.15) is 0 Å². The zero-order valence-electron chi connectivity index (χ0n) is 9.73. The van der Waals surface area contributed by atoms with E-state index >= 15 is 0 Å². The number of carbonyl (C=O) groups excluding carboxylic acids is 1. The minimum Gasteiger partial charge on any atom is -0.458 e. The van der Waals surface area contributed by atoms with Crippen LogP contribution in [-0.4, -0.2) is 32.0 Å². The van der Waals surface area contributed by atoms with Crippen molar-refractivity contribution >= 4 is 44.7 Å². The number of carbonyl (C=O) groups is 1. The first-order valence-electron chi connectivity index (χ1n) is 5.44. The van der Waals surface area contributed by atoms with Crippen molar-refractivity contribution in [2.45, 2.75) is 12.5 Å². The van der Waals surface area contributed by atoms with Crippen LogP contribution >= 0.6 is 23.2 Å².